The van der Waals surface area contributed by atoms with Gasteiger partial charge in [-0.1, -0.05) is 17.7 Å². The van der Waals surface area contributed by atoms with E-state index in [1.165, 1.54) is 5.56 Å². The highest BCUT2D eigenvalue weighted by Crippen LogP contribution is 2.07. The minimum Gasteiger partial charge on any atom is -0.508 e. The second kappa shape index (κ2) is 6.21. The Morgan fingerprint density at radius 3 is 1.80 bits per heavy atom. The van der Waals surface area contributed by atoms with Crippen LogP contribution in [0.1, 0.15) is 5.56 Å². The van der Waals surface area contributed by atoms with Crippen LogP contribution in [-0.4, -0.2) is 5.11 Å². The topological polar surface area (TPSA) is 20.2 Å². The van der Waals surface area contributed by atoms with Gasteiger partial charge in [0.2, 0.25) is 0 Å². The number of halogens is 2. The maximum Gasteiger partial charge on any atom is 0.115 e. The van der Waals surface area contributed by atoms with E-state index in [1.807, 2.05) is 19.1 Å². The van der Waals surface area contributed by atoms with Crippen LogP contribution in [0.2, 0.25) is 0 Å². The lowest BCUT2D eigenvalue weighted by Gasteiger charge is -1.89. The SMILES string of the molecule is Cc1ccc(O)cc1.II. The van der Waals surface area contributed by atoms with Crippen LogP contribution in [0.15, 0.2) is 24.3 Å². The van der Waals surface area contributed by atoms with Gasteiger partial charge in [0.1, 0.15) is 5.75 Å². The van der Waals surface area contributed by atoms with Crippen LogP contribution in [0.5, 0.6) is 5.75 Å². The monoisotopic (exact) mass is 362 g/mol. The van der Waals surface area contributed by atoms with Crippen molar-refractivity contribution in [2.75, 3.05) is 0 Å². The Kier molecular flexibility index (Phi) is 6.50. The molecule has 0 aromatic heterocycles. The van der Waals surface area contributed by atoms with E-state index in [9.17, 15) is 0 Å². The van der Waals surface area contributed by atoms with Crippen LogP contribution in [0.25, 0.3) is 0 Å². The van der Waals surface area contributed by atoms with Gasteiger partial charge in [-0.25, -0.2) is 0 Å². The number of rotatable bonds is 0. The lowest BCUT2D eigenvalue weighted by molar-refractivity contribution is 0.475. The number of phenolic OH excluding ortho intramolecular Hbond substituents is 1. The highest BCUT2D eigenvalue weighted by atomic mass is 128. The molecular weight excluding hydrogens is 354 g/mol. The van der Waals surface area contributed by atoms with E-state index in [0.717, 1.165) is 0 Å². The molecule has 0 saturated carbocycles. The fourth-order valence-electron chi connectivity index (χ4n) is 0.545. The van der Waals surface area contributed by atoms with E-state index >= 15 is 0 Å². The summed E-state index contributed by atoms with van der Waals surface area (Å²) in [7, 11) is 0. The van der Waals surface area contributed by atoms with Crippen molar-refractivity contribution in [1.29, 1.82) is 0 Å². The Morgan fingerprint density at radius 2 is 1.50 bits per heavy atom. The highest BCUT2D eigenvalue weighted by molar-refractivity contribution is 15.0. The minimum atomic E-state index is 0.329. The molecule has 0 heterocycles. The predicted octanol–water partition coefficient (Wildman–Crippen LogP) is 3.47. The minimum absolute atomic E-state index is 0.329. The summed E-state index contributed by atoms with van der Waals surface area (Å²) < 4.78 is 0. The van der Waals surface area contributed by atoms with Crippen molar-refractivity contribution >= 4 is 37.2 Å². The lowest BCUT2D eigenvalue weighted by Crippen LogP contribution is -1.66. The van der Waals surface area contributed by atoms with Crippen LogP contribution in [-0.2, 0) is 0 Å². The van der Waals surface area contributed by atoms with Crippen molar-refractivity contribution in [2.45, 2.75) is 6.92 Å². The number of aryl methyl sites for hydroxylation is 1. The standard InChI is InChI=1S/C7H8O.I2/c1-6-2-4-7(8)5-3-6;1-2/h2-5,8H,1H3;. The Bertz CT molecular complexity index is 150. The molecule has 0 atom stereocenters. The number of benzene rings is 1. The molecule has 0 amide bonds. The van der Waals surface area contributed by atoms with Gasteiger partial charge in [-0.2, -0.15) is 0 Å². The van der Waals surface area contributed by atoms with Gasteiger partial charge in [0.05, 0.1) is 0 Å². The third-order valence-electron chi connectivity index (χ3n) is 1.03. The smallest absolute Gasteiger partial charge is 0.115 e. The molecule has 0 bridgehead atoms. The fraction of sp³-hybridized carbons (Fsp3) is 0.143. The fourth-order valence-corrected chi connectivity index (χ4v) is 0.545. The van der Waals surface area contributed by atoms with Crippen molar-refractivity contribution in [3.05, 3.63) is 29.8 Å². The first kappa shape index (κ1) is 10.5. The van der Waals surface area contributed by atoms with E-state index in [1.54, 1.807) is 12.1 Å². The van der Waals surface area contributed by atoms with Crippen molar-refractivity contribution < 1.29 is 5.11 Å². The van der Waals surface area contributed by atoms with Gasteiger partial charge >= 0.3 is 0 Å². The molecule has 1 nitrogen and oxygen atoms in total. The molecule has 1 N–H and O–H groups in total. The largest absolute Gasteiger partial charge is 0.508 e. The Labute approximate surface area is 84.2 Å². The van der Waals surface area contributed by atoms with Gasteiger partial charge in [0.25, 0.3) is 0 Å². The van der Waals surface area contributed by atoms with Crippen molar-refractivity contribution in [3.63, 3.8) is 0 Å². The van der Waals surface area contributed by atoms with Crippen molar-refractivity contribution in [1.82, 2.24) is 0 Å². The molecule has 0 radical (unpaired) electrons. The molecule has 1 aromatic rings. The third-order valence-corrected chi connectivity index (χ3v) is 1.03. The zero-order chi connectivity index (χ0) is 7.98. The van der Waals surface area contributed by atoms with Crippen LogP contribution >= 0.6 is 37.2 Å². The van der Waals surface area contributed by atoms with Gasteiger partial charge in [-0.05, 0) is 19.1 Å². The molecule has 0 fully saturated rings. The molecule has 10 heavy (non-hydrogen) atoms. The molecule has 0 spiro atoms. The second-order valence-corrected chi connectivity index (χ2v) is 1.84. The van der Waals surface area contributed by atoms with Crippen LogP contribution in [0.4, 0.5) is 0 Å². The van der Waals surface area contributed by atoms with Crippen LogP contribution < -0.4 is 0 Å². The number of aromatic hydroxyl groups is 1. The summed E-state index contributed by atoms with van der Waals surface area (Å²) in [6.07, 6.45) is 0. The number of hydrogen-bond donors (Lipinski definition) is 1. The predicted molar refractivity (Wildman–Crippen MR) is 60.9 cm³/mol. The van der Waals surface area contributed by atoms with Gasteiger partial charge in [-0.3, -0.25) is 0 Å². The third kappa shape index (κ3) is 4.32. The van der Waals surface area contributed by atoms with Crippen molar-refractivity contribution in [3.8, 4) is 5.75 Å². The average Bonchev–Trinajstić information content (AvgIpc) is 2.00. The molecule has 0 saturated heterocycles. The maximum absolute atomic E-state index is 8.76. The molecule has 1 aromatic carbocycles. The van der Waals surface area contributed by atoms with E-state index in [2.05, 4.69) is 37.2 Å². The summed E-state index contributed by atoms with van der Waals surface area (Å²) >= 11 is 4.24. The first-order chi connectivity index (χ1) is 4.79. The van der Waals surface area contributed by atoms with Crippen molar-refractivity contribution in [2.24, 2.45) is 0 Å². The molecule has 0 unspecified atom stereocenters. The molecule has 0 aliphatic rings. The zero-order valence-electron chi connectivity index (χ0n) is 5.51. The zero-order valence-corrected chi connectivity index (χ0v) is 9.83. The highest BCUT2D eigenvalue weighted by Gasteiger charge is 1.82. The summed E-state index contributed by atoms with van der Waals surface area (Å²) in [5.41, 5.74) is 1.17. The molecular formula is C7H8I2O. The van der Waals surface area contributed by atoms with E-state index in [-0.39, 0.29) is 0 Å². The van der Waals surface area contributed by atoms with Gasteiger partial charge in [0.15, 0.2) is 0 Å². The maximum atomic E-state index is 8.76. The molecule has 56 valence electrons. The van der Waals surface area contributed by atoms with Gasteiger partial charge < -0.3 is 5.11 Å². The first-order valence-corrected chi connectivity index (χ1v) is 8.97. The van der Waals surface area contributed by atoms with Gasteiger partial charge in [0, 0.05) is 37.2 Å². The first-order valence-electron chi connectivity index (χ1n) is 2.69. The summed E-state index contributed by atoms with van der Waals surface area (Å²) in [4.78, 5) is 0. The molecule has 0 aliphatic heterocycles. The van der Waals surface area contributed by atoms with Crippen LogP contribution in [0.3, 0.4) is 0 Å². The molecule has 3 heteroatoms. The van der Waals surface area contributed by atoms with E-state index in [0.29, 0.717) is 5.75 Å². The van der Waals surface area contributed by atoms with E-state index in [4.69, 9.17) is 5.11 Å². The summed E-state index contributed by atoms with van der Waals surface area (Å²) in [5.74, 6) is 0.329. The summed E-state index contributed by atoms with van der Waals surface area (Å²) in [6.45, 7) is 1.99. The number of phenols is 1. The number of hydrogen-bond acceptors (Lipinski definition) is 1. The summed E-state index contributed by atoms with van der Waals surface area (Å²) in [5, 5.41) is 8.76. The van der Waals surface area contributed by atoms with E-state index < -0.39 is 0 Å². The van der Waals surface area contributed by atoms with Crippen LogP contribution in [0, 0.1) is 6.92 Å². The average molecular weight is 362 g/mol. The molecule has 0 aliphatic carbocycles. The Morgan fingerprint density at radius 1 is 1.10 bits per heavy atom. The Hall–Kier alpha value is 0.480. The second-order valence-electron chi connectivity index (χ2n) is 1.84. The molecule has 1 rings (SSSR count). The lowest BCUT2D eigenvalue weighted by atomic mass is 10.2. The normalized spacial score (nSPS) is 7.90. The Balaban J connectivity index is 0.000000371. The van der Waals surface area contributed by atoms with Gasteiger partial charge in [-0.15, -0.1) is 0 Å². The quantitative estimate of drug-likeness (QED) is 0.701. The summed E-state index contributed by atoms with van der Waals surface area (Å²) in [6, 6.07) is 7.09.